The van der Waals surface area contributed by atoms with Gasteiger partial charge < -0.3 is 11.5 Å². The zero-order chi connectivity index (χ0) is 7.72. The molecule has 1 rings (SSSR count). The molecule has 0 fully saturated rings. The second-order valence-corrected chi connectivity index (χ2v) is 2.19. The molecule has 4 heteroatoms. The molecule has 0 aromatic heterocycles. The van der Waals surface area contributed by atoms with Crippen molar-refractivity contribution in [2.24, 2.45) is 11.5 Å². The van der Waals surface area contributed by atoms with E-state index in [1.807, 2.05) is 0 Å². The molecular formula is C6H8N2O2. The SMILES string of the molecule is N[C@@H]1C(=O)C=CC(=O)[C@H]1N. The van der Waals surface area contributed by atoms with Gasteiger partial charge in [-0.1, -0.05) is 0 Å². The van der Waals surface area contributed by atoms with Crippen molar-refractivity contribution in [3.63, 3.8) is 0 Å². The lowest BCUT2D eigenvalue weighted by molar-refractivity contribution is -0.123. The Hall–Kier alpha value is -1.00. The molecule has 54 valence electrons. The average molecular weight is 140 g/mol. The fraction of sp³-hybridized carbons (Fsp3) is 0.333. The summed E-state index contributed by atoms with van der Waals surface area (Å²) in [6, 6.07) is -1.70. The average Bonchev–Trinajstić information content (AvgIpc) is 1.93. The highest BCUT2D eigenvalue weighted by molar-refractivity contribution is 6.10. The van der Waals surface area contributed by atoms with E-state index in [1.165, 1.54) is 0 Å². The largest absolute Gasteiger partial charge is 0.320 e. The van der Waals surface area contributed by atoms with Gasteiger partial charge in [-0.05, 0) is 12.2 Å². The van der Waals surface area contributed by atoms with Crippen LogP contribution in [0.3, 0.4) is 0 Å². The first-order valence-electron chi connectivity index (χ1n) is 2.90. The molecule has 4 N–H and O–H groups in total. The van der Waals surface area contributed by atoms with Crippen molar-refractivity contribution in [1.82, 2.24) is 0 Å². The Bertz CT molecular complexity index is 188. The molecule has 0 spiro atoms. The Labute approximate surface area is 57.9 Å². The standard InChI is InChI=1S/C6H8N2O2/c7-5-3(9)1-2-4(10)6(5)8/h1-2,5-6H,7-8H2/t5-,6-/m1/s1. The van der Waals surface area contributed by atoms with Crippen LogP contribution in [0.25, 0.3) is 0 Å². The van der Waals surface area contributed by atoms with Gasteiger partial charge in [0.25, 0.3) is 0 Å². The Morgan fingerprint density at radius 2 is 1.30 bits per heavy atom. The number of ketones is 2. The molecule has 1 aliphatic carbocycles. The third-order valence-electron chi connectivity index (χ3n) is 1.46. The quantitative estimate of drug-likeness (QED) is 0.422. The summed E-state index contributed by atoms with van der Waals surface area (Å²) in [7, 11) is 0. The highest BCUT2D eigenvalue weighted by atomic mass is 16.1. The molecule has 2 atom stereocenters. The molecule has 0 bridgehead atoms. The monoisotopic (exact) mass is 140 g/mol. The van der Waals surface area contributed by atoms with E-state index in [1.54, 1.807) is 0 Å². The summed E-state index contributed by atoms with van der Waals surface area (Å²) in [5.41, 5.74) is 10.5. The third kappa shape index (κ3) is 0.984. The van der Waals surface area contributed by atoms with E-state index in [2.05, 4.69) is 0 Å². The van der Waals surface area contributed by atoms with E-state index >= 15 is 0 Å². The van der Waals surface area contributed by atoms with Crippen molar-refractivity contribution >= 4 is 11.6 Å². The molecule has 4 nitrogen and oxygen atoms in total. The van der Waals surface area contributed by atoms with Crippen LogP contribution in [0.4, 0.5) is 0 Å². The minimum absolute atomic E-state index is 0.285. The number of rotatable bonds is 0. The summed E-state index contributed by atoms with van der Waals surface area (Å²) in [4.78, 5) is 21.4. The fourth-order valence-corrected chi connectivity index (χ4v) is 0.740. The zero-order valence-electron chi connectivity index (χ0n) is 5.28. The Kier molecular flexibility index (Phi) is 1.65. The smallest absolute Gasteiger partial charge is 0.174 e. The predicted octanol–water partition coefficient (Wildman–Crippen LogP) is -1.65. The molecule has 0 heterocycles. The Morgan fingerprint density at radius 3 is 1.60 bits per heavy atom. The maximum atomic E-state index is 10.7. The van der Waals surface area contributed by atoms with E-state index in [0.717, 1.165) is 12.2 Å². The van der Waals surface area contributed by atoms with Crippen LogP contribution in [0.15, 0.2) is 12.2 Å². The molecule has 0 aliphatic heterocycles. The van der Waals surface area contributed by atoms with Crippen molar-refractivity contribution in [2.75, 3.05) is 0 Å². The minimum atomic E-state index is -0.850. The minimum Gasteiger partial charge on any atom is -0.320 e. The summed E-state index contributed by atoms with van der Waals surface area (Å²) in [5.74, 6) is -0.570. The van der Waals surface area contributed by atoms with Crippen LogP contribution in [0.1, 0.15) is 0 Å². The molecule has 0 amide bonds. The molecule has 0 saturated carbocycles. The normalized spacial score (nSPS) is 33.0. The van der Waals surface area contributed by atoms with Gasteiger partial charge in [-0.25, -0.2) is 0 Å². The third-order valence-corrected chi connectivity index (χ3v) is 1.46. The molecular weight excluding hydrogens is 132 g/mol. The number of nitrogens with two attached hydrogens (primary N) is 2. The Morgan fingerprint density at radius 1 is 1.00 bits per heavy atom. The maximum Gasteiger partial charge on any atom is 0.174 e. The molecule has 0 unspecified atom stereocenters. The fourth-order valence-electron chi connectivity index (χ4n) is 0.740. The second-order valence-electron chi connectivity index (χ2n) is 2.19. The number of carbonyl (C=O) groups excluding carboxylic acids is 2. The van der Waals surface area contributed by atoms with Crippen LogP contribution < -0.4 is 11.5 Å². The van der Waals surface area contributed by atoms with E-state index < -0.39 is 12.1 Å². The van der Waals surface area contributed by atoms with Gasteiger partial charge >= 0.3 is 0 Å². The van der Waals surface area contributed by atoms with E-state index in [9.17, 15) is 9.59 Å². The Balaban J connectivity index is 2.89. The van der Waals surface area contributed by atoms with Crippen LogP contribution >= 0.6 is 0 Å². The van der Waals surface area contributed by atoms with Crippen molar-refractivity contribution in [2.45, 2.75) is 12.1 Å². The van der Waals surface area contributed by atoms with E-state index in [0.29, 0.717) is 0 Å². The van der Waals surface area contributed by atoms with Crippen molar-refractivity contribution < 1.29 is 9.59 Å². The molecule has 10 heavy (non-hydrogen) atoms. The summed E-state index contributed by atoms with van der Waals surface area (Å²) in [5, 5.41) is 0. The van der Waals surface area contributed by atoms with Crippen LogP contribution in [-0.4, -0.2) is 23.7 Å². The highest BCUT2D eigenvalue weighted by Crippen LogP contribution is 2.00. The maximum absolute atomic E-state index is 10.7. The van der Waals surface area contributed by atoms with Crippen LogP contribution in [0, 0.1) is 0 Å². The van der Waals surface area contributed by atoms with Crippen LogP contribution in [0.2, 0.25) is 0 Å². The molecule has 0 saturated heterocycles. The number of carbonyl (C=O) groups is 2. The van der Waals surface area contributed by atoms with E-state index in [4.69, 9.17) is 11.5 Å². The van der Waals surface area contributed by atoms with E-state index in [-0.39, 0.29) is 11.6 Å². The lowest BCUT2D eigenvalue weighted by Crippen LogP contribution is -2.52. The second kappa shape index (κ2) is 2.32. The highest BCUT2D eigenvalue weighted by Gasteiger charge is 2.27. The lowest BCUT2D eigenvalue weighted by atomic mass is 9.95. The van der Waals surface area contributed by atoms with Gasteiger partial charge in [-0.3, -0.25) is 9.59 Å². The summed E-state index contributed by atoms with van der Waals surface area (Å²) in [6.07, 6.45) is 2.33. The summed E-state index contributed by atoms with van der Waals surface area (Å²) in [6.45, 7) is 0. The van der Waals surface area contributed by atoms with Crippen molar-refractivity contribution in [3.05, 3.63) is 12.2 Å². The van der Waals surface area contributed by atoms with Crippen LogP contribution in [0.5, 0.6) is 0 Å². The van der Waals surface area contributed by atoms with Gasteiger partial charge in [0.1, 0.15) is 0 Å². The van der Waals surface area contributed by atoms with Gasteiger partial charge in [0.05, 0.1) is 12.1 Å². The topological polar surface area (TPSA) is 86.2 Å². The first kappa shape index (κ1) is 7.11. The first-order valence-corrected chi connectivity index (χ1v) is 2.90. The van der Waals surface area contributed by atoms with Gasteiger partial charge in [0.2, 0.25) is 0 Å². The first-order chi connectivity index (χ1) is 4.63. The van der Waals surface area contributed by atoms with Crippen LogP contribution in [-0.2, 0) is 9.59 Å². The number of hydrogen-bond donors (Lipinski definition) is 2. The molecule has 0 aromatic carbocycles. The van der Waals surface area contributed by atoms with Gasteiger partial charge in [0.15, 0.2) is 11.6 Å². The molecule has 1 aliphatic rings. The molecule has 0 radical (unpaired) electrons. The van der Waals surface area contributed by atoms with Gasteiger partial charge in [-0.2, -0.15) is 0 Å². The summed E-state index contributed by atoms with van der Waals surface area (Å²) >= 11 is 0. The van der Waals surface area contributed by atoms with Crippen molar-refractivity contribution in [1.29, 1.82) is 0 Å². The zero-order valence-corrected chi connectivity index (χ0v) is 5.28. The van der Waals surface area contributed by atoms with Gasteiger partial charge in [0, 0.05) is 0 Å². The summed E-state index contributed by atoms with van der Waals surface area (Å²) < 4.78 is 0. The van der Waals surface area contributed by atoms with Crippen molar-refractivity contribution in [3.8, 4) is 0 Å². The lowest BCUT2D eigenvalue weighted by Gasteiger charge is -2.17. The number of hydrogen-bond acceptors (Lipinski definition) is 4. The molecule has 0 aromatic rings. The predicted molar refractivity (Wildman–Crippen MR) is 35.1 cm³/mol. The van der Waals surface area contributed by atoms with Gasteiger partial charge in [-0.15, -0.1) is 0 Å².